The van der Waals surface area contributed by atoms with E-state index in [2.05, 4.69) is 10.6 Å². The number of hydrogen-bond donors (Lipinski definition) is 2. The van der Waals surface area contributed by atoms with Gasteiger partial charge in [0.15, 0.2) is 5.76 Å². The second kappa shape index (κ2) is 8.15. The molecule has 0 saturated heterocycles. The van der Waals surface area contributed by atoms with Gasteiger partial charge in [-0.3, -0.25) is 9.59 Å². The molecule has 2 amide bonds. The number of carbonyl (C=O) groups excluding carboxylic acids is 2. The Bertz CT molecular complexity index is 858. The van der Waals surface area contributed by atoms with Crippen LogP contribution in [-0.2, 0) is 14.8 Å². The third-order valence-electron chi connectivity index (χ3n) is 3.70. The van der Waals surface area contributed by atoms with Crippen molar-refractivity contribution in [3.8, 4) is 0 Å². The summed E-state index contributed by atoms with van der Waals surface area (Å²) >= 11 is 0. The highest BCUT2D eigenvalue weighted by atomic mass is 32.2. The highest BCUT2D eigenvalue weighted by molar-refractivity contribution is 7.89. The summed E-state index contributed by atoms with van der Waals surface area (Å²) in [6.07, 6.45) is 1.36. The van der Waals surface area contributed by atoms with Crippen molar-refractivity contribution in [2.45, 2.75) is 24.8 Å². The average molecular weight is 379 g/mol. The summed E-state index contributed by atoms with van der Waals surface area (Å²) < 4.78 is 30.9. The first-order valence-electron chi connectivity index (χ1n) is 7.91. The standard InChI is InChI=1S/C17H21N3O5S/c1-12(2)20(3)26(23,24)14-8-6-13(7-9-14)19-16(21)11-18-17(22)15-5-4-10-25-15/h4-10,12H,11H2,1-3H3,(H,18,22)(H,19,21). The maximum absolute atomic E-state index is 12.4. The molecule has 0 aliphatic rings. The number of hydrogen-bond acceptors (Lipinski definition) is 5. The molecule has 0 saturated carbocycles. The molecule has 2 aromatic rings. The predicted molar refractivity (Wildman–Crippen MR) is 96.2 cm³/mol. The molecule has 0 bridgehead atoms. The zero-order valence-corrected chi connectivity index (χ0v) is 15.5. The van der Waals surface area contributed by atoms with Gasteiger partial charge in [0.2, 0.25) is 15.9 Å². The second-order valence-corrected chi connectivity index (χ2v) is 7.85. The minimum absolute atomic E-state index is 0.113. The zero-order chi connectivity index (χ0) is 19.3. The Kier molecular flexibility index (Phi) is 6.17. The molecule has 9 heteroatoms. The Balaban J connectivity index is 1.94. The molecule has 0 unspecified atom stereocenters. The lowest BCUT2D eigenvalue weighted by Crippen LogP contribution is -2.33. The van der Waals surface area contributed by atoms with E-state index in [1.807, 2.05) is 0 Å². The molecule has 0 radical (unpaired) electrons. The fourth-order valence-corrected chi connectivity index (χ4v) is 3.38. The number of sulfonamides is 1. The van der Waals surface area contributed by atoms with Crippen LogP contribution < -0.4 is 10.6 Å². The summed E-state index contributed by atoms with van der Waals surface area (Å²) in [6, 6.07) is 8.72. The molecule has 0 atom stereocenters. The van der Waals surface area contributed by atoms with Gasteiger partial charge in [-0.05, 0) is 50.2 Å². The Morgan fingerprint density at radius 3 is 2.35 bits per heavy atom. The summed E-state index contributed by atoms with van der Waals surface area (Å²) in [6.45, 7) is 3.32. The fourth-order valence-electron chi connectivity index (χ4n) is 2.01. The third kappa shape index (κ3) is 4.70. The van der Waals surface area contributed by atoms with E-state index in [-0.39, 0.29) is 23.2 Å². The van der Waals surface area contributed by atoms with Crippen molar-refractivity contribution >= 4 is 27.5 Å². The summed E-state index contributed by atoms with van der Waals surface area (Å²) in [5.74, 6) is -0.829. The Hall–Kier alpha value is -2.65. The average Bonchev–Trinajstić information content (AvgIpc) is 3.14. The highest BCUT2D eigenvalue weighted by Gasteiger charge is 2.22. The molecule has 0 spiro atoms. The molecule has 2 N–H and O–H groups in total. The van der Waals surface area contributed by atoms with E-state index in [1.54, 1.807) is 19.9 Å². The van der Waals surface area contributed by atoms with Crippen molar-refractivity contribution < 1.29 is 22.4 Å². The first-order valence-corrected chi connectivity index (χ1v) is 9.35. The van der Waals surface area contributed by atoms with Crippen LogP contribution in [-0.4, -0.2) is 44.2 Å². The summed E-state index contributed by atoms with van der Waals surface area (Å²) in [5.41, 5.74) is 0.424. The van der Waals surface area contributed by atoms with Gasteiger partial charge in [-0.25, -0.2) is 8.42 Å². The molecule has 140 valence electrons. The summed E-state index contributed by atoms with van der Waals surface area (Å²) in [7, 11) is -2.07. The van der Waals surface area contributed by atoms with Crippen LogP contribution in [0.3, 0.4) is 0 Å². The SMILES string of the molecule is CC(C)N(C)S(=O)(=O)c1ccc(NC(=O)CNC(=O)c2ccco2)cc1. The number of furan rings is 1. The summed E-state index contributed by atoms with van der Waals surface area (Å²) in [5, 5.41) is 5.00. The van der Waals surface area contributed by atoms with Crippen LogP contribution in [0, 0.1) is 0 Å². The molecule has 8 nitrogen and oxygen atoms in total. The van der Waals surface area contributed by atoms with Crippen LogP contribution in [0.1, 0.15) is 24.4 Å². The van der Waals surface area contributed by atoms with Crippen molar-refractivity contribution in [2.24, 2.45) is 0 Å². The minimum atomic E-state index is -3.58. The molecule has 1 aromatic carbocycles. The molecule has 0 aliphatic heterocycles. The predicted octanol–water partition coefficient (Wildman–Crippen LogP) is 1.68. The van der Waals surface area contributed by atoms with Crippen molar-refractivity contribution in [1.82, 2.24) is 9.62 Å². The Morgan fingerprint density at radius 2 is 1.81 bits per heavy atom. The number of carbonyl (C=O) groups is 2. The molecule has 1 heterocycles. The molecular formula is C17H21N3O5S. The largest absolute Gasteiger partial charge is 0.459 e. The van der Waals surface area contributed by atoms with Gasteiger partial charge in [0, 0.05) is 18.8 Å². The van der Waals surface area contributed by atoms with Crippen molar-refractivity contribution in [3.05, 3.63) is 48.4 Å². The Morgan fingerprint density at radius 1 is 1.15 bits per heavy atom. The third-order valence-corrected chi connectivity index (χ3v) is 5.74. The van der Waals surface area contributed by atoms with Crippen molar-refractivity contribution in [1.29, 1.82) is 0 Å². The van der Waals surface area contributed by atoms with Gasteiger partial charge in [-0.1, -0.05) is 0 Å². The topological polar surface area (TPSA) is 109 Å². The van der Waals surface area contributed by atoms with Crippen LogP contribution in [0.25, 0.3) is 0 Å². The molecule has 2 rings (SSSR count). The van der Waals surface area contributed by atoms with Gasteiger partial charge in [0.25, 0.3) is 5.91 Å². The summed E-state index contributed by atoms with van der Waals surface area (Å²) in [4.78, 5) is 23.7. The lowest BCUT2D eigenvalue weighted by Gasteiger charge is -2.21. The number of nitrogens with one attached hydrogen (secondary N) is 2. The van der Waals surface area contributed by atoms with Crippen LogP contribution in [0.15, 0.2) is 52.0 Å². The van der Waals surface area contributed by atoms with Gasteiger partial charge < -0.3 is 15.1 Å². The highest BCUT2D eigenvalue weighted by Crippen LogP contribution is 2.18. The van der Waals surface area contributed by atoms with E-state index in [9.17, 15) is 18.0 Å². The van der Waals surface area contributed by atoms with Crippen molar-refractivity contribution in [3.63, 3.8) is 0 Å². The van der Waals surface area contributed by atoms with Crippen LogP contribution in [0.5, 0.6) is 0 Å². The lowest BCUT2D eigenvalue weighted by molar-refractivity contribution is -0.115. The van der Waals surface area contributed by atoms with Gasteiger partial charge in [0.05, 0.1) is 17.7 Å². The van der Waals surface area contributed by atoms with Gasteiger partial charge in [0.1, 0.15) is 0 Å². The quantitative estimate of drug-likeness (QED) is 0.761. The van der Waals surface area contributed by atoms with Gasteiger partial charge >= 0.3 is 0 Å². The normalized spacial score (nSPS) is 11.6. The zero-order valence-electron chi connectivity index (χ0n) is 14.7. The van der Waals surface area contributed by atoms with Gasteiger partial charge in [-0.2, -0.15) is 4.31 Å². The molecule has 0 aliphatic carbocycles. The maximum Gasteiger partial charge on any atom is 0.287 e. The van der Waals surface area contributed by atoms with Crippen LogP contribution in [0.4, 0.5) is 5.69 Å². The second-order valence-electron chi connectivity index (χ2n) is 5.85. The van der Waals surface area contributed by atoms with E-state index < -0.39 is 21.8 Å². The number of nitrogens with zero attached hydrogens (tertiary/aromatic N) is 1. The number of amides is 2. The van der Waals surface area contributed by atoms with E-state index in [1.165, 1.54) is 47.9 Å². The molecule has 1 aromatic heterocycles. The number of anilines is 1. The van der Waals surface area contributed by atoms with E-state index in [4.69, 9.17) is 4.42 Å². The van der Waals surface area contributed by atoms with Crippen molar-refractivity contribution in [2.75, 3.05) is 18.9 Å². The smallest absolute Gasteiger partial charge is 0.287 e. The first-order chi connectivity index (χ1) is 12.2. The number of rotatable bonds is 7. The molecule has 26 heavy (non-hydrogen) atoms. The van der Waals surface area contributed by atoms with E-state index in [0.717, 1.165) is 0 Å². The maximum atomic E-state index is 12.4. The van der Waals surface area contributed by atoms with E-state index >= 15 is 0 Å². The molecular weight excluding hydrogens is 358 g/mol. The number of benzene rings is 1. The Labute approximate surface area is 152 Å². The minimum Gasteiger partial charge on any atom is -0.459 e. The molecule has 0 fully saturated rings. The fraction of sp³-hybridized carbons (Fsp3) is 0.294. The monoisotopic (exact) mass is 379 g/mol. The van der Waals surface area contributed by atoms with E-state index in [0.29, 0.717) is 5.69 Å². The first kappa shape index (κ1) is 19.7. The van der Waals surface area contributed by atoms with Crippen LogP contribution in [0.2, 0.25) is 0 Å². The lowest BCUT2D eigenvalue weighted by atomic mass is 10.3. The van der Waals surface area contributed by atoms with Crippen LogP contribution >= 0.6 is 0 Å². The van der Waals surface area contributed by atoms with Gasteiger partial charge in [-0.15, -0.1) is 0 Å².